The SMILES string of the molecule is CC(C)(NC(=O)c1cc(F)c(Br)c(S(=O)(=O)Cl)c1)C1CC1. The molecule has 1 N–H and O–H groups in total. The number of benzene rings is 1. The summed E-state index contributed by atoms with van der Waals surface area (Å²) in [6, 6.07) is 2.04. The Morgan fingerprint density at radius 2 is 2.00 bits per heavy atom. The Kier molecular flexibility index (Phi) is 4.39. The molecule has 1 fully saturated rings. The van der Waals surface area contributed by atoms with Gasteiger partial charge in [-0.2, -0.15) is 0 Å². The van der Waals surface area contributed by atoms with Crippen LogP contribution < -0.4 is 5.32 Å². The van der Waals surface area contributed by atoms with Crippen LogP contribution in [0.1, 0.15) is 37.0 Å². The summed E-state index contributed by atoms with van der Waals surface area (Å²) in [6.45, 7) is 3.77. The summed E-state index contributed by atoms with van der Waals surface area (Å²) >= 11 is 2.82. The van der Waals surface area contributed by atoms with Crippen LogP contribution >= 0.6 is 26.6 Å². The summed E-state index contributed by atoms with van der Waals surface area (Å²) in [5.74, 6) is -0.996. The molecule has 21 heavy (non-hydrogen) atoms. The third-order valence-corrected chi connectivity index (χ3v) is 5.97. The third-order valence-electron chi connectivity index (χ3n) is 3.55. The molecule has 2 rings (SSSR count). The van der Waals surface area contributed by atoms with Crippen molar-refractivity contribution in [3.63, 3.8) is 0 Å². The van der Waals surface area contributed by atoms with Crippen LogP contribution in [0.15, 0.2) is 21.5 Å². The Bertz CT molecular complexity index is 702. The van der Waals surface area contributed by atoms with E-state index in [2.05, 4.69) is 21.2 Å². The maximum atomic E-state index is 13.8. The number of carbonyl (C=O) groups excluding carboxylic acids is 1. The van der Waals surface area contributed by atoms with Crippen molar-refractivity contribution in [2.45, 2.75) is 37.1 Å². The standard InChI is InChI=1S/C13H14BrClFNO3S/c1-13(2,8-3-4-8)17-12(18)7-5-9(16)11(14)10(6-7)21(15,19)20/h5-6,8H,3-4H2,1-2H3,(H,17,18). The summed E-state index contributed by atoms with van der Waals surface area (Å²) in [7, 11) is 1.10. The van der Waals surface area contributed by atoms with Gasteiger partial charge >= 0.3 is 0 Å². The van der Waals surface area contributed by atoms with Gasteiger partial charge in [-0.3, -0.25) is 4.79 Å². The number of nitrogens with one attached hydrogen (secondary N) is 1. The van der Waals surface area contributed by atoms with Gasteiger partial charge in [-0.25, -0.2) is 12.8 Å². The van der Waals surface area contributed by atoms with Crippen LogP contribution in [-0.2, 0) is 9.05 Å². The maximum absolute atomic E-state index is 13.8. The van der Waals surface area contributed by atoms with Crippen molar-refractivity contribution in [1.29, 1.82) is 0 Å². The zero-order valence-electron chi connectivity index (χ0n) is 11.4. The van der Waals surface area contributed by atoms with Crippen LogP contribution in [-0.4, -0.2) is 19.9 Å². The van der Waals surface area contributed by atoms with Gasteiger partial charge in [-0.15, -0.1) is 0 Å². The quantitative estimate of drug-likeness (QED) is 0.790. The van der Waals surface area contributed by atoms with E-state index in [4.69, 9.17) is 10.7 Å². The largest absolute Gasteiger partial charge is 0.347 e. The van der Waals surface area contributed by atoms with Crippen molar-refractivity contribution in [3.8, 4) is 0 Å². The zero-order valence-corrected chi connectivity index (χ0v) is 14.6. The molecule has 8 heteroatoms. The summed E-state index contributed by atoms with van der Waals surface area (Å²) in [5, 5.41) is 2.80. The Hall–Kier alpha value is -0.660. The van der Waals surface area contributed by atoms with Crippen LogP contribution in [0.5, 0.6) is 0 Å². The second-order valence-corrected chi connectivity index (χ2v) is 8.99. The first kappa shape index (κ1) is 16.7. The van der Waals surface area contributed by atoms with Gasteiger partial charge < -0.3 is 5.32 Å². The van der Waals surface area contributed by atoms with E-state index in [1.165, 1.54) is 0 Å². The van der Waals surface area contributed by atoms with Gasteiger partial charge in [-0.1, -0.05) is 0 Å². The molecule has 4 nitrogen and oxygen atoms in total. The topological polar surface area (TPSA) is 63.2 Å². The Morgan fingerprint density at radius 1 is 1.43 bits per heavy atom. The average molecular weight is 399 g/mol. The van der Waals surface area contributed by atoms with Crippen LogP contribution in [0.25, 0.3) is 0 Å². The number of hydrogen-bond acceptors (Lipinski definition) is 3. The highest BCUT2D eigenvalue weighted by Crippen LogP contribution is 2.39. The van der Waals surface area contributed by atoms with Crippen molar-refractivity contribution in [2.75, 3.05) is 0 Å². The van der Waals surface area contributed by atoms with Crippen LogP contribution in [0.2, 0.25) is 0 Å². The number of rotatable bonds is 4. The fourth-order valence-electron chi connectivity index (χ4n) is 2.14. The van der Waals surface area contributed by atoms with Crippen LogP contribution in [0.3, 0.4) is 0 Å². The normalized spacial score (nSPS) is 15.9. The van der Waals surface area contributed by atoms with Crippen molar-refractivity contribution in [1.82, 2.24) is 5.32 Å². The highest BCUT2D eigenvalue weighted by molar-refractivity contribution is 9.10. The molecule has 0 spiro atoms. The maximum Gasteiger partial charge on any atom is 0.262 e. The molecule has 116 valence electrons. The monoisotopic (exact) mass is 397 g/mol. The fourth-order valence-corrected chi connectivity index (χ4v) is 4.24. The Balaban J connectivity index is 2.36. The molecule has 0 saturated heterocycles. The Labute approximate surface area is 135 Å². The van der Waals surface area contributed by atoms with Gasteiger partial charge in [0.2, 0.25) is 0 Å². The minimum Gasteiger partial charge on any atom is -0.347 e. The number of halogens is 3. The molecule has 0 heterocycles. The van der Waals surface area contributed by atoms with Gasteiger partial charge in [0, 0.05) is 21.8 Å². The lowest BCUT2D eigenvalue weighted by molar-refractivity contribution is 0.0902. The van der Waals surface area contributed by atoms with E-state index < -0.39 is 31.2 Å². The predicted molar refractivity (Wildman–Crippen MR) is 81.4 cm³/mol. The van der Waals surface area contributed by atoms with E-state index in [1.54, 1.807) is 0 Å². The second-order valence-electron chi connectivity index (χ2n) is 5.66. The highest BCUT2D eigenvalue weighted by Gasteiger charge is 2.39. The molecule has 1 aromatic carbocycles. The van der Waals surface area contributed by atoms with E-state index in [9.17, 15) is 17.6 Å². The van der Waals surface area contributed by atoms with Gasteiger partial charge in [0.25, 0.3) is 15.0 Å². The van der Waals surface area contributed by atoms with E-state index in [-0.39, 0.29) is 10.0 Å². The number of amides is 1. The smallest absolute Gasteiger partial charge is 0.262 e. The fraction of sp³-hybridized carbons (Fsp3) is 0.462. The third kappa shape index (κ3) is 3.76. The molecule has 0 aromatic heterocycles. The molecule has 0 unspecified atom stereocenters. The minimum atomic E-state index is -4.15. The predicted octanol–water partition coefficient (Wildman–Crippen LogP) is 3.43. The summed E-state index contributed by atoms with van der Waals surface area (Å²) in [4.78, 5) is 11.7. The van der Waals surface area contributed by atoms with Crippen molar-refractivity contribution in [2.24, 2.45) is 5.92 Å². The molecule has 1 aliphatic carbocycles. The van der Waals surface area contributed by atoms with E-state index in [0.29, 0.717) is 5.92 Å². The van der Waals surface area contributed by atoms with E-state index in [0.717, 1.165) is 25.0 Å². The van der Waals surface area contributed by atoms with Gasteiger partial charge in [-0.05, 0) is 60.7 Å². The molecule has 0 radical (unpaired) electrons. The molecule has 0 aliphatic heterocycles. The Morgan fingerprint density at radius 3 is 2.48 bits per heavy atom. The average Bonchev–Trinajstić information content (AvgIpc) is 3.14. The zero-order chi connectivity index (χ0) is 16.0. The molecule has 1 aromatic rings. The first-order valence-corrected chi connectivity index (χ1v) is 9.39. The lowest BCUT2D eigenvalue weighted by Crippen LogP contribution is -2.45. The van der Waals surface area contributed by atoms with Gasteiger partial charge in [0.05, 0.1) is 4.47 Å². The van der Waals surface area contributed by atoms with E-state index >= 15 is 0 Å². The molecule has 0 atom stereocenters. The van der Waals surface area contributed by atoms with Crippen LogP contribution in [0, 0.1) is 11.7 Å². The first-order valence-electron chi connectivity index (χ1n) is 6.28. The summed E-state index contributed by atoms with van der Waals surface area (Å²) in [6.07, 6.45) is 2.06. The molecule has 1 aliphatic rings. The lowest BCUT2D eigenvalue weighted by atomic mass is 9.98. The lowest BCUT2D eigenvalue weighted by Gasteiger charge is -2.26. The molecular weight excluding hydrogens is 385 g/mol. The molecule has 1 amide bonds. The minimum absolute atomic E-state index is 0.0800. The summed E-state index contributed by atoms with van der Waals surface area (Å²) in [5.41, 5.74) is -0.496. The van der Waals surface area contributed by atoms with Gasteiger partial charge in [0.15, 0.2) is 0 Å². The van der Waals surface area contributed by atoms with Crippen molar-refractivity contribution >= 4 is 41.6 Å². The highest BCUT2D eigenvalue weighted by atomic mass is 79.9. The molecule has 0 bridgehead atoms. The van der Waals surface area contributed by atoms with E-state index in [1.807, 2.05) is 13.8 Å². The first-order chi connectivity index (χ1) is 9.52. The second kappa shape index (κ2) is 5.52. The van der Waals surface area contributed by atoms with Crippen molar-refractivity contribution < 1.29 is 17.6 Å². The van der Waals surface area contributed by atoms with Gasteiger partial charge in [0.1, 0.15) is 10.7 Å². The van der Waals surface area contributed by atoms with Crippen molar-refractivity contribution in [3.05, 3.63) is 28.0 Å². The molecule has 1 saturated carbocycles. The number of carbonyl (C=O) groups is 1. The summed E-state index contributed by atoms with van der Waals surface area (Å²) < 4.78 is 36.3. The number of hydrogen-bond donors (Lipinski definition) is 1. The van der Waals surface area contributed by atoms with Crippen LogP contribution in [0.4, 0.5) is 4.39 Å². The molecular formula is C13H14BrClFNO3S.